The zero-order chi connectivity index (χ0) is 16.8. The number of hydrogen-bond acceptors (Lipinski definition) is 3. The molecule has 1 aromatic carbocycles. The van der Waals surface area contributed by atoms with Crippen molar-refractivity contribution in [3.63, 3.8) is 0 Å². The zero-order valence-corrected chi connectivity index (χ0v) is 15.3. The van der Waals surface area contributed by atoms with Gasteiger partial charge in [0.2, 0.25) is 0 Å². The van der Waals surface area contributed by atoms with Crippen LogP contribution in [0.5, 0.6) is 0 Å². The van der Waals surface area contributed by atoms with E-state index in [2.05, 4.69) is 18.8 Å². The number of hydrogen-bond donors (Lipinski definition) is 0. The first-order valence-electron chi connectivity index (χ1n) is 8.36. The van der Waals surface area contributed by atoms with Gasteiger partial charge in [-0.15, -0.1) is 11.3 Å². The Morgan fingerprint density at radius 3 is 2.67 bits per heavy atom. The van der Waals surface area contributed by atoms with Crippen molar-refractivity contribution in [2.75, 3.05) is 0 Å². The van der Waals surface area contributed by atoms with Gasteiger partial charge in [0.1, 0.15) is 5.15 Å². The van der Waals surface area contributed by atoms with Crippen LogP contribution in [0.25, 0.3) is 21.0 Å². The molecule has 0 radical (unpaired) electrons. The topological polar surface area (TPSA) is 33.2 Å². The number of aromatic nitrogens is 1. The van der Waals surface area contributed by atoms with Crippen molar-refractivity contribution in [3.8, 4) is 0 Å². The van der Waals surface area contributed by atoms with E-state index in [0.29, 0.717) is 5.15 Å². The third-order valence-electron chi connectivity index (χ3n) is 4.96. The minimum atomic E-state index is 0.121. The Morgan fingerprint density at radius 1 is 1.21 bits per heavy atom. The molecule has 2 atom stereocenters. The standard InChI is InChI=1S/C19H19ClN2OS/c1-11-6-5-7-12(2)22(11)19(23)16-10-14-17(24-16)13-8-3-4-9-15(13)21-18(14)20/h3-4,8-12H,5-7H2,1-2H3/t11-,12+. The number of fused-ring (bicyclic) bond motifs is 3. The summed E-state index contributed by atoms with van der Waals surface area (Å²) in [7, 11) is 0. The van der Waals surface area contributed by atoms with Gasteiger partial charge < -0.3 is 4.90 Å². The maximum Gasteiger partial charge on any atom is 0.264 e. The lowest BCUT2D eigenvalue weighted by Gasteiger charge is -2.38. The first-order chi connectivity index (χ1) is 11.6. The molecule has 124 valence electrons. The van der Waals surface area contributed by atoms with E-state index in [9.17, 15) is 4.79 Å². The van der Waals surface area contributed by atoms with Gasteiger partial charge in [-0.25, -0.2) is 4.98 Å². The summed E-state index contributed by atoms with van der Waals surface area (Å²) in [6, 6.07) is 10.4. The number of halogens is 1. The van der Waals surface area contributed by atoms with Gasteiger partial charge in [0.15, 0.2) is 0 Å². The minimum Gasteiger partial charge on any atom is -0.333 e. The number of carbonyl (C=O) groups is 1. The molecule has 3 nitrogen and oxygen atoms in total. The molecule has 1 aliphatic heterocycles. The predicted octanol–water partition coefficient (Wildman–Crippen LogP) is 5.51. The molecule has 3 heterocycles. The van der Waals surface area contributed by atoms with Gasteiger partial charge in [-0.05, 0) is 45.2 Å². The normalized spacial score (nSPS) is 21.5. The summed E-state index contributed by atoms with van der Waals surface area (Å²) in [6.07, 6.45) is 3.34. The summed E-state index contributed by atoms with van der Waals surface area (Å²) in [4.78, 5) is 20.4. The van der Waals surface area contributed by atoms with E-state index < -0.39 is 0 Å². The lowest BCUT2D eigenvalue weighted by atomic mass is 9.97. The third-order valence-corrected chi connectivity index (χ3v) is 6.40. The van der Waals surface area contributed by atoms with Gasteiger partial charge in [-0.2, -0.15) is 0 Å². The second-order valence-electron chi connectivity index (χ2n) is 6.61. The molecule has 0 saturated carbocycles. The van der Waals surface area contributed by atoms with Crippen LogP contribution in [-0.4, -0.2) is 27.9 Å². The summed E-state index contributed by atoms with van der Waals surface area (Å²) < 4.78 is 1.05. The summed E-state index contributed by atoms with van der Waals surface area (Å²) in [5.41, 5.74) is 0.871. The molecule has 5 heteroatoms. The second-order valence-corrected chi connectivity index (χ2v) is 8.02. The molecule has 1 saturated heterocycles. The van der Waals surface area contributed by atoms with Crippen LogP contribution < -0.4 is 0 Å². The molecule has 24 heavy (non-hydrogen) atoms. The van der Waals surface area contributed by atoms with Gasteiger partial charge in [0.25, 0.3) is 5.91 Å². The average molecular weight is 359 g/mol. The number of rotatable bonds is 1. The number of pyridine rings is 1. The van der Waals surface area contributed by atoms with Gasteiger partial charge >= 0.3 is 0 Å². The smallest absolute Gasteiger partial charge is 0.264 e. The van der Waals surface area contributed by atoms with Crippen molar-refractivity contribution in [3.05, 3.63) is 40.4 Å². The fourth-order valence-corrected chi connectivity index (χ4v) is 5.16. The summed E-state index contributed by atoms with van der Waals surface area (Å²) in [5.74, 6) is 0.121. The Morgan fingerprint density at radius 2 is 1.92 bits per heavy atom. The van der Waals surface area contributed by atoms with E-state index >= 15 is 0 Å². The zero-order valence-electron chi connectivity index (χ0n) is 13.8. The van der Waals surface area contributed by atoms with Gasteiger partial charge in [0.05, 0.1) is 10.4 Å². The number of thiophene rings is 1. The van der Waals surface area contributed by atoms with Crippen molar-refractivity contribution >= 4 is 49.8 Å². The van der Waals surface area contributed by atoms with Crippen LogP contribution in [0.3, 0.4) is 0 Å². The van der Waals surface area contributed by atoms with Crippen LogP contribution in [0, 0.1) is 0 Å². The lowest BCUT2D eigenvalue weighted by Crippen LogP contribution is -2.47. The second kappa shape index (κ2) is 6.01. The van der Waals surface area contributed by atoms with Crippen molar-refractivity contribution in [1.82, 2.24) is 9.88 Å². The summed E-state index contributed by atoms with van der Waals surface area (Å²) in [6.45, 7) is 4.29. The highest BCUT2D eigenvalue weighted by molar-refractivity contribution is 7.21. The maximum absolute atomic E-state index is 13.1. The molecule has 1 fully saturated rings. The first kappa shape index (κ1) is 15.9. The number of nitrogens with zero attached hydrogens (tertiary/aromatic N) is 2. The lowest BCUT2D eigenvalue weighted by molar-refractivity contribution is 0.0516. The summed E-state index contributed by atoms with van der Waals surface area (Å²) >= 11 is 7.90. The minimum absolute atomic E-state index is 0.121. The van der Waals surface area contributed by atoms with Crippen molar-refractivity contribution < 1.29 is 4.79 Å². The van der Waals surface area contributed by atoms with E-state index in [0.717, 1.165) is 38.7 Å². The molecule has 0 unspecified atom stereocenters. The number of benzene rings is 1. The van der Waals surface area contributed by atoms with Crippen molar-refractivity contribution in [2.24, 2.45) is 0 Å². The number of likely N-dealkylation sites (tertiary alicyclic amines) is 1. The molecule has 0 bridgehead atoms. The predicted molar refractivity (Wildman–Crippen MR) is 101 cm³/mol. The number of carbonyl (C=O) groups excluding carboxylic acids is 1. The van der Waals surface area contributed by atoms with E-state index in [-0.39, 0.29) is 18.0 Å². The SMILES string of the molecule is C[C@@H]1CCC[C@H](C)N1C(=O)c1cc2c(Cl)nc3ccccc3c2s1. The van der Waals surface area contributed by atoms with Crippen molar-refractivity contribution in [2.45, 2.75) is 45.2 Å². The van der Waals surface area contributed by atoms with Crippen LogP contribution in [-0.2, 0) is 0 Å². The highest BCUT2D eigenvalue weighted by Gasteiger charge is 2.30. The monoisotopic (exact) mass is 358 g/mol. The van der Waals surface area contributed by atoms with Gasteiger partial charge in [0, 0.05) is 27.6 Å². The van der Waals surface area contributed by atoms with E-state index in [1.54, 1.807) is 0 Å². The molecule has 2 aromatic heterocycles. The highest BCUT2D eigenvalue weighted by atomic mass is 35.5. The third kappa shape index (κ3) is 2.49. The number of piperidine rings is 1. The number of amides is 1. The maximum atomic E-state index is 13.1. The Kier molecular flexibility index (Phi) is 3.97. The Hall–Kier alpha value is -1.65. The van der Waals surface area contributed by atoms with Crippen LogP contribution in [0.2, 0.25) is 5.15 Å². The molecular weight excluding hydrogens is 340 g/mol. The largest absolute Gasteiger partial charge is 0.333 e. The highest BCUT2D eigenvalue weighted by Crippen LogP contribution is 2.37. The molecule has 4 rings (SSSR count). The quantitative estimate of drug-likeness (QED) is 0.537. The van der Waals surface area contributed by atoms with Crippen LogP contribution in [0.15, 0.2) is 30.3 Å². The average Bonchev–Trinajstić information content (AvgIpc) is 3.01. The van der Waals surface area contributed by atoms with E-state index in [4.69, 9.17) is 11.6 Å². The molecular formula is C19H19ClN2OS. The van der Waals surface area contributed by atoms with Crippen molar-refractivity contribution in [1.29, 1.82) is 0 Å². The van der Waals surface area contributed by atoms with E-state index in [1.807, 2.05) is 35.2 Å². The van der Waals surface area contributed by atoms with Crippen LogP contribution in [0.1, 0.15) is 42.8 Å². The molecule has 1 amide bonds. The van der Waals surface area contributed by atoms with E-state index in [1.165, 1.54) is 17.8 Å². The Balaban J connectivity index is 1.84. The van der Waals surface area contributed by atoms with Gasteiger partial charge in [-0.1, -0.05) is 29.8 Å². The van der Waals surface area contributed by atoms with Gasteiger partial charge in [-0.3, -0.25) is 4.79 Å². The van der Waals surface area contributed by atoms with Crippen LogP contribution >= 0.6 is 22.9 Å². The molecule has 3 aromatic rings. The Bertz CT molecular complexity index is 926. The summed E-state index contributed by atoms with van der Waals surface area (Å²) in [5, 5.41) is 2.40. The molecule has 0 aliphatic carbocycles. The Labute approximate surface area is 150 Å². The molecule has 0 spiro atoms. The first-order valence-corrected chi connectivity index (χ1v) is 9.56. The molecule has 0 N–H and O–H groups in total. The fourth-order valence-electron chi connectivity index (χ4n) is 3.73. The fraction of sp³-hybridized carbons (Fsp3) is 0.368. The van der Waals surface area contributed by atoms with Crippen LogP contribution in [0.4, 0.5) is 0 Å². The molecule has 1 aliphatic rings. The number of para-hydroxylation sites is 1.